The average Bonchev–Trinajstić information content (AvgIpc) is 3.10. The molecule has 12 heteroatoms. The van der Waals surface area contributed by atoms with Gasteiger partial charge in [-0.3, -0.25) is 14.4 Å². The number of aliphatic carboxylic acids is 1. The number of carboxylic acid groups (broad SMARTS) is 1. The van der Waals surface area contributed by atoms with Gasteiger partial charge in [0, 0.05) is 19.3 Å². The van der Waals surface area contributed by atoms with Crippen LogP contribution in [0.3, 0.4) is 0 Å². The normalized spacial score (nSPS) is 11.2. The molecule has 0 aliphatic carbocycles. The number of unbranched alkanes of at least 4 members (excludes halogenated alkanes) is 15. The zero-order valence-corrected chi connectivity index (χ0v) is 31.5. The fraction of sp³-hybridized carbons (Fsp3) is 0.921. The summed E-state index contributed by atoms with van der Waals surface area (Å²) in [7, 11) is 0. The molecule has 0 atom stereocenters. The van der Waals surface area contributed by atoms with E-state index in [4.69, 9.17) is 43.0 Å². The number of hydrogen-bond acceptors (Lipinski definition) is 11. The smallest absolute Gasteiger partial charge is 0.305 e. The van der Waals surface area contributed by atoms with Crippen LogP contribution in [0.2, 0.25) is 0 Å². The number of esters is 2. The minimum absolute atomic E-state index is 0.0608. The Morgan fingerprint density at radius 2 is 0.580 bits per heavy atom. The van der Waals surface area contributed by atoms with Gasteiger partial charge in [0.15, 0.2) is 0 Å². The zero-order valence-electron chi connectivity index (χ0n) is 31.5. The molecular weight excluding hydrogens is 648 g/mol. The van der Waals surface area contributed by atoms with Crippen molar-refractivity contribution in [1.82, 2.24) is 0 Å². The quantitative estimate of drug-likeness (QED) is 0.0508. The van der Waals surface area contributed by atoms with Crippen LogP contribution in [0.1, 0.15) is 135 Å². The van der Waals surface area contributed by atoms with Gasteiger partial charge in [-0.25, -0.2) is 0 Å². The van der Waals surface area contributed by atoms with Crippen LogP contribution in [0.25, 0.3) is 0 Å². The monoisotopic (exact) mass is 721 g/mol. The van der Waals surface area contributed by atoms with E-state index >= 15 is 0 Å². The summed E-state index contributed by atoms with van der Waals surface area (Å²) < 4.78 is 42.8. The van der Waals surface area contributed by atoms with Crippen LogP contribution in [0, 0.1) is 0 Å². The average molecular weight is 721 g/mol. The number of rotatable bonds is 42. The summed E-state index contributed by atoms with van der Waals surface area (Å²) in [6.07, 6.45) is 21.4. The van der Waals surface area contributed by atoms with Crippen molar-refractivity contribution >= 4 is 17.9 Å². The second-order valence-corrected chi connectivity index (χ2v) is 12.4. The Morgan fingerprint density at radius 3 is 0.880 bits per heavy atom. The zero-order chi connectivity index (χ0) is 36.4. The molecule has 0 aliphatic heterocycles. The highest BCUT2D eigenvalue weighted by Crippen LogP contribution is 2.14. The molecule has 0 amide bonds. The van der Waals surface area contributed by atoms with Crippen LogP contribution in [-0.2, 0) is 52.3 Å². The van der Waals surface area contributed by atoms with Crippen molar-refractivity contribution in [2.75, 3.05) is 92.5 Å². The molecule has 296 valence electrons. The predicted molar refractivity (Wildman–Crippen MR) is 192 cm³/mol. The van der Waals surface area contributed by atoms with Crippen molar-refractivity contribution in [3.8, 4) is 0 Å². The molecule has 0 aliphatic rings. The number of carbonyl (C=O) groups is 3. The summed E-state index contributed by atoms with van der Waals surface area (Å²) >= 11 is 0. The molecule has 0 fully saturated rings. The number of carbonyl (C=O) groups excluding carboxylic acids is 2. The Bertz CT molecular complexity index is 737. The Morgan fingerprint density at radius 1 is 0.340 bits per heavy atom. The number of hydrogen-bond donors (Lipinski definition) is 1. The lowest BCUT2D eigenvalue weighted by Gasteiger charge is -2.09. The molecule has 12 nitrogen and oxygen atoms in total. The highest BCUT2D eigenvalue weighted by atomic mass is 16.6. The number of carboxylic acids is 1. The van der Waals surface area contributed by atoms with Crippen molar-refractivity contribution in [2.24, 2.45) is 0 Å². The molecule has 0 radical (unpaired) electrons. The van der Waals surface area contributed by atoms with E-state index in [9.17, 15) is 14.4 Å². The van der Waals surface area contributed by atoms with Crippen LogP contribution >= 0.6 is 0 Å². The number of ether oxygens (including phenoxy) is 8. The van der Waals surface area contributed by atoms with Crippen molar-refractivity contribution in [1.29, 1.82) is 0 Å². The van der Waals surface area contributed by atoms with Crippen molar-refractivity contribution < 1.29 is 57.4 Å². The van der Waals surface area contributed by atoms with E-state index in [2.05, 4.69) is 6.92 Å². The third-order valence-corrected chi connectivity index (χ3v) is 7.85. The standard InChI is InChI=1S/C38H72O12/c1-2-3-4-5-6-7-8-9-10-11-12-13-14-15-16-20-37(41)49-34-32-47-30-28-45-26-24-43-22-23-44-25-27-46-29-31-48-33-35-50-38(42)21-18-17-19-36(39)40/h2-35H2,1H3,(H,39,40). The highest BCUT2D eigenvalue weighted by molar-refractivity contribution is 5.70. The molecular formula is C38H72O12. The van der Waals surface area contributed by atoms with E-state index in [-0.39, 0.29) is 44.6 Å². The first kappa shape index (κ1) is 48.2. The predicted octanol–water partition coefficient (Wildman–Crippen LogP) is 7.08. The van der Waals surface area contributed by atoms with Gasteiger partial charge in [0.2, 0.25) is 0 Å². The first-order valence-electron chi connectivity index (χ1n) is 19.6. The van der Waals surface area contributed by atoms with E-state index in [1.54, 1.807) is 0 Å². The summed E-state index contributed by atoms with van der Waals surface area (Å²) in [4.78, 5) is 33.8. The van der Waals surface area contributed by atoms with Gasteiger partial charge in [-0.1, -0.05) is 96.8 Å². The third kappa shape index (κ3) is 42.3. The Kier molecular flexibility index (Phi) is 40.1. The van der Waals surface area contributed by atoms with Crippen LogP contribution in [-0.4, -0.2) is 116 Å². The summed E-state index contributed by atoms with van der Waals surface area (Å²) in [5.74, 6) is -1.35. The fourth-order valence-corrected chi connectivity index (χ4v) is 4.96. The van der Waals surface area contributed by atoms with Gasteiger partial charge in [-0.05, 0) is 19.3 Å². The second kappa shape index (κ2) is 41.6. The molecule has 0 bridgehead atoms. The fourth-order valence-electron chi connectivity index (χ4n) is 4.96. The summed E-state index contributed by atoms with van der Waals surface area (Å²) in [5.41, 5.74) is 0. The van der Waals surface area contributed by atoms with Gasteiger partial charge in [0.05, 0.1) is 79.3 Å². The first-order valence-corrected chi connectivity index (χ1v) is 19.6. The maximum absolute atomic E-state index is 11.9. The van der Waals surface area contributed by atoms with Crippen molar-refractivity contribution in [2.45, 2.75) is 135 Å². The molecule has 0 aromatic heterocycles. The van der Waals surface area contributed by atoms with Crippen LogP contribution in [0.5, 0.6) is 0 Å². The summed E-state index contributed by atoms with van der Waals surface area (Å²) in [6, 6.07) is 0. The van der Waals surface area contributed by atoms with Gasteiger partial charge in [0.1, 0.15) is 13.2 Å². The lowest BCUT2D eigenvalue weighted by molar-refractivity contribution is -0.146. The maximum Gasteiger partial charge on any atom is 0.305 e. The van der Waals surface area contributed by atoms with Crippen molar-refractivity contribution in [3.63, 3.8) is 0 Å². The van der Waals surface area contributed by atoms with Crippen molar-refractivity contribution in [3.05, 3.63) is 0 Å². The minimum atomic E-state index is -0.862. The molecule has 1 N–H and O–H groups in total. The molecule has 0 spiro atoms. The van der Waals surface area contributed by atoms with Crippen LogP contribution < -0.4 is 0 Å². The molecule has 0 heterocycles. The van der Waals surface area contributed by atoms with Gasteiger partial charge in [0.25, 0.3) is 0 Å². The minimum Gasteiger partial charge on any atom is -0.481 e. The Hall–Kier alpha value is -1.83. The van der Waals surface area contributed by atoms with Gasteiger partial charge in [-0.2, -0.15) is 0 Å². The van der Waals surface area contributed by atoms with Crippen LogP contribution in [0.15, 0.2) is 0 Å². The van der Waals surface area contributed by atoms with E-state index < -0.39 is 5.97 Å². The lowest BCUT2D eigenvalue weighted by atomic mass is 10.0. The largest absolute Gasteiger partial charge is 0.481 e. The van der Waals surface area contributed by atoms with Gasteiger partial charge < -0.3 is 43.0 Å². The highest BCUT2D eigenvalue weighted by Gasteiger charge is 2.05. The molecule has 0 unspecified atom stereocenters. The molecule has 0 aromatic rings. The lowest BCUT2D eigenvalue weighted by Crippen LogP contribution is -2.15. The molecule has 0 rings (SSSR count). The first-order chi connectivity index (χ1) is 24.6. The van der Waals surface area contributed by atoms with Gasteiger partial charge in [-0.15, -0.1) is 0 Å². The van der Waals surface area contributed by atoms with Gasteiger partial charge >= 0.3 is 17.9 Å². The Balaban J connectivity index is 3.18. The van der Waals surface area contributed by atoms with Crippen LogP contribution in [0.4, 0.5) is 0 Å². The summed E-state index contributed by atoms with van der Waals surface area (Å²) in [5, 5.41) is 8.56. The molecule has 0 saturated heterocycles. The molecule has 50 heavy (non-hydrogen) atoms. The molecule has 0 saturated carbocycles. The maximum atomic E-state index is 11.9. The molecule has 0 aromatic carbocycles. The Labute approximate surface area is 302 Å². The third-order valence-electron chi connectivity index (χ3n) is 7.85. The summed E-state index contributed by atoms with van der Waals surface area (Å²) in [6.45, 7) is 7.80. The van der Waals surface area contributed by atoms with E-state index in [1.807, 2.05) is 0 Å². The SMILES string of the molecule is CCCCCCCCCCCCCCCCCC(=O)OCCOCCOCCOCCOCCOCCOCCOC(=O)CCCCC(=O)O. The van der Waals surface area contributed by atoms with E-state index in [1.165, 1.54) is 83.5 Å². The topological polar surface area (TPSA) is 145 Å². The second-order valence-electron chi connectivity index (χ2n) is 12.4. The van der Waals surface area contributed by atoms with E-state index in [0.29, 0.717) is 91.9 Å². The van der Waals surface area contributed by atoms with E-state index in [0.717, 1.165) is 12.8 Å².